The summed E-state index contributed by atoms with van der Waals surface area (Å²) in [6.07, 6.45) is 0. The predicted octanol–water partition coefficient (Wildman–Crippen LogP) is -0.0365. The van der Waals surface area contributed by atoms with Crippen molar-refractivity contribution in [1.29, 1.82) is 0 Å². The lowest BCUT2D eigenvalue weighted by atomic mass is 9.90. The molecule has 8 nitrogen and oxygen atoms in total. The summed E-state index contributed by atoms with van der Waals surface area (Å²) < 4.78 is 13.4. The molecule has 0 atom stereocenters. The number of tetrazole rings is 1. The van der Waals surface area contributed by atoms with Crippen LogP contribution < -0.4 is 16.2 Å². The second-order valence-electron chi connectivity index (χ2n) is 5.62. The van der Waals surface area contributed by atoms with E-state index in [0.29, 0.717) is 36.9 Å². The molecule has 1 fully saturated rings. The highest BCUT2D eigenvalue weighted by atomic mass is 16.5. The molecule has 0 unspecified atom stereocenters. The van der Waals surface area contributed by atoms with E-state index in [1.54, 1.807) is 18.2 Å². The standard InChI is InChI=1S/C13H17N5O3/c1-13(6-20-7-13)8-21-11-4-3-9(14)5-10(11)18-12(19)17(2)15-16-18/h3-5H,6-8,14H2,1-2H3. The summed E-state index contributed by atoms with van der Waals surface area (Å²) in [4.78, 5) is 12.0. The Balaban J connectivity index is 1.93. The van der Waals surface area contributed by atoms with E-state index in [4.69, 9.17) is 15.2 Å². The number of ether oxygens (including phenoxy) is 2. The fraction of sp³-hybridized carbons (Fsp3) is 0.462. The van der Waals surface area contributed by atoms with E-state index < -0.39 is 0 Å². The number of nitrogens with zero attached hydrogens (tertiary/aromatic N) is 4. The Kier molecular flexibility index (Phi) is 3.17. The molecular formula is C13H17N5O3. The number of aromatic nitrogens is 4. The van der Waals surface area contributed by atoms with Gasteiger partial charge >= 0.3 is 5.69 Å². The summed E-state index contributed by atoms with van der Waals surface area (Å²) in [5.41, 5.74) is 6.45. The highest BCUT2D eigenvalue weighted by molar-refractivity contribution is 5.55. The van der Waals surface area contributed by atoms with E-state index in [1.165, 1.54) is 11.7 Å². The molecule has 21 heavy (non-hydrogen) atoms. The van der Waals surface area contributed by atoms with E-state index in [-0.39, 0.29) is 11.1 Å². The van der Waals surface area contributed by atoms with Gasteiger partial charge in [0.25, 0.3) is 0 Å². The van der Waals surface area contributed by atoms with Crippen LogP contribution in [0, 0.1) is 5.41 Å². The normalized spacial score (nSPS) is 16.5. The Morgan fingerprint density at radius 2 is 2.19 bits per heavy atom. The molecule has 2 heterocycles. The number of anilines is 1. The number of hydrogen-bond acceptors (Lipinski definition) is 6. The molecule has 1 aliphatic rings. The van der Waals surface area contributed by atoms with Crippen molar-refractivity contribution in [3.05, 3.63) is 28.7 Å². The molecule has 0 saturated carbocycles. The summed E-state index contributed by atoms with van der Waals surface area (Å²) in [5, 5.41) is 7.52. The Labute approximate surface area is 121 Å². The molecule has 1 saturated heterocycles. The van der Waals surface area contributed by atoms with E-state index in [2.05, 4.69) is 17.4 Å². The van der Waals surface area contributed by atoms with Crippen LogP contribution in [0.4, 0.5) is 5.69 Å². The summed E-state index contributed by atoms with van der Waals surface area (Å²) in [6, 6.07) is 5.10. The predicted molar refractivity (Wildman–Crippen MR) is 75.4 cm³/mol. The summed E-state index contributed by atoms with van der Waals surface area (Å²) >= 11 is 0. The second-order valence-corrected chi connectivity index (χ2v) is 5.62. The fourth-order valence-corrected chi connectivity index (χ4v) is 2.07. The number of nitrogen functional groups attached to an aromatic ring is 1. The average Bonchev–Trinajstić information content (AvgIpc) is 2.75. The topological polar surface area (TPSA) is 97.2 Å². The number of aryl methyl sites for hydroxylation is 1. The molecule has 1 aromatic carbocycles. The lowest BCUT2D eigenvalue weighted by Crippen LogP contribution is -2.44. The monoisotopic (exact) mass is 291 g/mol. The van der Waals surface area contributed by atoms with Gasteiger partial charge in [-0.15, -0.1) is 0 Å². The fourth-order valence-electron chi connectivity index (χ4n) is 2.07. The van der Waals surface area contributed by atoms with Gasteiger partial charge in [0.2, 0.25) is 0 Å². The van der Waals surface area contributed by atoms with E-state index in [0.717, 1.165) is 4.68 Å². The minimum absolute atomic E-state index is 0.00594. The summed E-state index contributed by atoms with van der Waals surface area (Å²) in [7, 11) is 1.53. The van der Waals surface area contributed by atoms with Crippen molar-refractivity contribution in [2.45, 2.75) is 6.92 Å². The molecule has 1 aliphatic heterocycles. The first kappa shape index (κ1) is 13.6. The quantitative estimate of drug-likeness (QED) is 0.794. The second kappa shape index (κ2) is 4.88. The van der Waals surface area contributed by atoms with Gasteiger partial charge in [-0.1, -0.05) is 6.92 Å². The molecule has 3 rings (SSSR count). The molecule has 0 bridgehead atoms. The van der Waals surface area contributed by atoms with Crippen molar-refractivity contribution in [2.75, 3.05) is 25.6 Å². The van der Waals surface area contributed by atoms with Crippen molar-refractivity contribution in [3.8, 4) is 11.4 Å². The van der Waals surface area contributed by atoms with Crippen LogP contribution in [0.2, 0.25) is 0 Å². The van der Waals surface area contributed by atoms with Gasteiger partial charge in [0, 0.05) is 18.2 Å². The van der Waals surface area contributed by atoms with Crippen LogP contribution in [-0.2, 0) is 11.8 Å². The number of benzene rings is 1. The van der Waals surface area contributed by atoms with Crippen molar-refractivity contribution < 1.29 is 9.47 Å². The van der Waals surface area contributed by atoms with Crippen LogP contribution in [0.15, 0.2) is 23.0 Å². The third-order valence-electron chi connectivity index (χ3n) is 3.41. The van der Waals surface area contributed by atoms with E-state index >= 15 is 0 Å². The third kappa shape index (κ3) is 2.49. The van der Waals surface area contributed by atoms with Crippen LogP contribution in [0.3, 0.4) is 0 Å². The Bertz CT molecular complexity index is 717. The first-order chi connectivity index (χ1) is 9.98. The van der Waals surface area contributed by atoms with Crippen LogP contribution in [-0.4, -0.2) is 39.6 Å². The smallest absolute Gasteiger partial charge is 0.368 e. The first-order valence-electron chi connectivity index (χ1n) is 6.58. The van der Waals surface area contributed by atoms with Crippen LogP contribution in [0.5, 0.6) is 5.75 Å². The molecular weight excluding hydrogens is 274 g/mol. The van der Waals surface area contributed by atoms with Crippen molar-refractivity contribution >= 4 is 5.69 Å². The van der Waals surface area contributed by atoms with Crippen molar-refractivity contribution in [2.24, 2.45) is 12.5 Å². The van der Waals surface area contributed by atoms with Crippen LogP contribution in [0.25, 0.3) is 5.69 Å². The van der Waals surface area contributed by atoms with Gasteiger partial charge < -0.3 is 15.2 Å². The Hall–Kier alpha value is -2.35. The minimum Gasteiger partial charge on any atom is -0.491 e. The zero-order valence-corrected chi connectivity index (χ0v) is 11.9. The van der Waals surface area contributed by atoms with Crippen molar-refractivity contribution in [1.82, 2.24) is 19.8 Å². The van der Waals surface area contributed by atoms with Gasteiger partial charge in [-0.05, 0) is 28.6 Å². The molecule has 112 valence electrons. The highest BCUT2D eigenvalue weighted by Gasteiger charge is 2.34. The lowest BCUT2D eigenvalue weighted by Gasteiger charge is -2.37. The molecule has 0 aliphatic carbocycles. The van der Waals surface area contributed by atoms with Crippen molar-refractivity contribution in [3.63, 3.8) is 0 Å². The van der Waals surface area contributed by atoms with E-state index in [1.807, 2.05) is 0 Å². The van der Waals surface area contributed by atoms with Gasteiger partial charge in [0.1, 0.15) is 11.4 Å². The molecule has 2 aromatic rings. The molecule has 0 amide bonds. The highest BCUT2D eigenvalue weighted by Crippen LogP contribution is 2.30. The van der Waals surface area contributed by atoms with Crippen LogP contribution in [0.1, 0.15) is 6.92 Å². The summed E-state index contributed by atoms with van der Waals surface area (Å²) in [6.45, 7) is 3.92. The molecule has 8 heteroatoms. The Morgan fingerprint density at radius 1 is 1.43 bits per heavy atom. The number of rotatable bonds is 4. The van der Waals surface area contributed by atoms with Gasteiger partial charge in [-0.25, -0.2) is 4.79 Å². The van der Waals surface area contributed by atoms with Gasteiger partial charge in [-0.3, -0.25) is 0 Å². The lowest BCUT2D eigenvalue weighted by molar-refractivity contribution is -0.120. The first-order valence-corrected chi connectivity index (χ1v) is 6.58. The molecule has 2 N–H and O–H groups in total. The van der Waals surface area contributed by atoms with Crippen LogP contribution >= 0.6 is 0 Å². The zero-order chi connectivity index (χ0) is 15.0. The summed E-state index contributed by atoms with van der Waals surface area (Å²) in [5.74, 6) is 0.542. The Morgan fingerprint density at radius 3 is 2.76 bits per heavy atom. The SMILES string of the molecule is Cn1nnn(-c2cc(N)ccc2OCC2(C)COC2)c1=O. The number of hydrogen-bond donors (Lipinski definition) is 1. The number of nitrogens with two attached hydrogens (primary N) is 1. The van der Waals surface area contributed by atoms with E-state index in [9.17, 15) is 4.79 Å². The molecule has 0 spiro atoms. The average molecular weight is 291 g/mol. The maximum Gasteiger partial charge on any atom is 0.368 e. The molecule has 0 radical (unpaired) electrons. The minimum atomic E-state index is -0.358. The maximum atomic E-state index is 12.0. The third-order valence-corrected chi connectivity index (χ3v) is 3.41. The maximum absolute atomic E-state index is 12.0. The van der Waals surface area contributed by atoms with Gasteiger partial charge in [-0.2, -0.15) is 9.36 Å². The largest absolute Gasteiger partial charge is 0.491 e. The molecule has 1 aromatic heterocycles. The van der Waals surface area contributed by atoms with Gasteiger partial charge in [0.05, 0.1) is 19.8 Å². The van der Waals surface area contributed by atoms with Gasteiger partial charge in [0.15, 0.2) is 0 Å². The zero-order valence-electron chi connectivity index (χ0n) is 11.9.